The molecule has 1 unspecified atom stereocenters. The number of hydrogen-bond acceptors (Lipinski definition) is 5. The fourth-order valence-corrected chi connectivity index (χ4v) is 4.34. The first-order valence-electron chi connectivity index (χ1n) is 10.7. The Hall–Kier alpha value is -2.86. The molecule has 2 saturated heterocycles. The van der Waals surface area contributed by atoms with Crippen molar-refractivity contribution >= 4 is 17.7 Å². The Labute approximate surface area is 178 Å². The van der Waals surface area contributed by atoms with E-state index in [4.69, 9.17) is 4.74 Å². The average molecular weight is 407 g/mol. The number of piperidine rings is 1. The predicted octanol–water partition coefficient (Wildman–Crippen LogP) is 2.92. The van der Waals surface area contributed by atoms with Gasteiger partial charge in [-0.1, -0.05) is 0 Å². The van der Waals surface area contributed by atoms with Crippen LogP contribution >= 0.6 is 0 Å². The Morgan fingerprint density at radius 1 is 1.03 bits per heavy atom. The molecule has 2 fully saturated rings. The van der Waals surface area contributed by atoms with Crippen LogP contribution in [-0.4, -0.2) is 73.1 Å². The molecule has 6 heteroatoms. The second-order valence-corrected chi connectivity index (χ2v) is 7.92. The molecule has 6 nitrogen and oxygen atoms in total. The number of carbonyl (C=O) groups excluding carboxylic acids is 1. The average Bonchev–Trinajstić information content (AvgIpc) is 2.83. The molecule has 2 aliphatic rings. The molecule has 30 heavy (non-hydrogen) atoms. The molecule has 158 valence electrons. The number of benzene rings is 1. The van der Waals surface area contributed by atoms with Crippen LogP contribution in [0.1, 0.15) is 18.4 Å². The number of carbonyl (C=O) groups is 1. The molecule has 3 heterocycles. The van der Waals surface area contributed by atoms with E-state index in [0.717, 1.165) is 57.0 Å². The lowest BCUT2D eigenvalue weighted by Gasteiger charge is -2.43. The van der Waals surface area contributed by atoms with E-state index in [1.165, 1.54) is 12.1 Å². The summed E-state index contributed by atoms with van der Waals surface area (Å²) in [5.41, 5.74) is 2.25. The quantitative estimate of drug-likeness (QED) is 0.715. The lowest BCUT2D eigenvalue weighted by Crippen LogP contribution is -2.55. The van der Waals surface area contributed by atoms with E-state index in [0.29, 0.717) is 6.04 Å². The van der Waals surface area contributed by atoms with Gasteiger partial charge in [-0.2, -0.15) is 0 Å². The molecule has 0 spiro atoms. The largest absolute Gasteiger partial charge is 0.497 e. The number of methoxy groups -OCH3 is 1. The van der Waals surface area contributed by atoms with Crippen LogP contribution in [0, 0.1) is 0 Å². The maximum absolute atomic E-state index is 12.7. The summed E-state index contributed by atoms with van der Waals surface area (Å²) in [5, 5.41) is 0. The number of amides is 1. The van der Waals surface area contributed by atoms with Crippen molar-refractivity contribution in [2.24, 2.45) is 0 Å². The van der Waals surface area contributed by atoms with Gasteiger partial charge in [0.1, 0.15) is 5.75 Å². The minimum Gasteiger partial charge on any atom is -0.497 e. The van der Waals surface area contributed by atoms with Crippen molar-refractivity contribution in [3.63, 3.8) is 0 Å². The summed E-state index contributed by atoms with van der Waals surface area (Å²) in [6, 6.07) is 12.6. The van der Waals surface area contributed by atoms with Gasteiger partial charge < -0.3 is 14.5 Å². The number of ether oxygens (including phenoxy) is 1. The number of anilines is 1. The summed E-state index contributed by atoms with van der Waals surface area (Å²) in [6.07, 6.45) is 9.29. The fourth-order valence-electron chi connectivity index (χ4n) is 4.34. The Morgan fingerprint density at radius 2 is 1.77 bits per heavy atom. The molecule has 1 amide bonds. The molecule has 0 bridgehead atoms. The zero-order valence-electron chi connectivity index (χ0n) is 17.6. The van der Waals surface area contributed by atoms with E-state index in [1.54, 1.807) is 25.6 Å². The van der Waals surface area contributed by atoms with E-state index in [9.17, 15) is 4.79 Å². The molecule has 0 aliphatic carbocycles. The number of nitrogens with zero attached hydrogens (tertiary/aromatic N) is 4. The van der Waals surface area contributed by atoms with E-state index >= 15 is 0 Å². The van der Waals surface area contributed by atoms with Gasteiger partial charge in [-0.25, -0.2) is 0 Å². The zero-order valence-corrected chi connectivity index (χ0v) is 17.6. The van der Waals surface area contributed by atoms with Crippen LogP contribution in [0.4, 0.5) is 5.69 Å². The first-order chi connectivity index (χ1) is 14.7. The van der Waals surface area contributed by atoms with Gasteiger partial charge in [0.25, 0.3) is 0 Å². The summed E-state index contributed by atoms with van der Waals surface area (Å²) in [5.74, 6) is 0.996. The van der Waals surface area contributed by atoms with E-state index in [2.05, 4.69) is 26.9 Å². The molecule has 1 aromatic heterocycles. The third-order valence-electron chi connectivity index (χ3n) is 6.10. The van der Waals surface area contributed by atoms with E-state index in [1.807, 2.05) is 35.2 Å². The number of aromatic nitrogens is 1. The standard InChI is InChI=1S/C24H30N4O2/c1-30-23-7-5-21(6-8-23)26-15-17-27(18-16-26)22-3-2-14-28(19-22)24(29)9-4-20-10-12-25-13-11-20/h4-13,22H,2-3,14-19H2,1H3. The first kappa shape index (κ1) is 20.4. The Balaban J connectivity index is 1.29. The highest BCUT2D eigenvalue weighted by molar-refractivity contribution is 5.91. The SMILES string of the molecule is COc1ccc(N2CCN(C3CCCN(C(=O)C=Cc4ccncc4)C3)CC2)cc1. The molecular weight excluding hydrogens is 376 g/mol. The van der Waals surface area contributed by atoms with Crippen LogP contribution in [0.15, 0.2) is 54.9 Å². The molecule has 1 atom stereocenters. The highest BCUT2D eigenvalue weighted by Crippen LogP contribution is 2.23. The minimum absolute atomic E-state index is 0.105. The summed E-state index contributed by atoms with van der Waals surface area (Å²) >= 11 is 0. The third-order valence-corrected chi connectivity index (χ3v) is 6.10. The minimum atomic E-state index is 0.105. The number of pyridine rings is 1. The van der Waals surface area contributed by atoms with Gasteiger partial charge in [0.2, 0.25) is 5.91 Å². The van der Waals surface area contributed by atoms with Gasteiger partial charge in [0.05, 0.1) is 7.11 Å². The fraction of sp³-hybridized carbons (Fsp3) is 0.417. The molecule has 1 aromatic carbocycles. The molecule has 0 N–H and O–H groups in total. The van der Waals surface area contributed by atoms with Crippen molar-refractivity contribution in [1.82, 2.24) is 14.8 Å². The second kappa shape index (κ2) is 9.76. The van der Waals surface area contributed by atoms with Crippen molar-refractivity contribution < 1.29 is 9.53 Å². The van der Waals surface area contributed by atoms with Gasteiger partial charge in [0.15, 0.2) is 0 Å². The van der Waals surface area contributed by atoms with Crippen molar-refractivity contribution in [2.75, 3.05) is 51.3 Å². The van der Waals surface area contributed by atoms with Gasteiger partial charge in [-0.15, -0.1) is 0 Å². The lowest BCUT2D eigenvalue weighted by atomic mass is 10.0. The number of rotatable bonds is 5. The highest BCUT2D eigenvalue weighted by atomic mass is 16.5. The van der Waals surface area contributed by atoms with Crippen molar-refractivity contribution in [3.8, 4) is 5.75 Å². The van der Waals surface area contributed by atoms with Crippen molar-refractivity contribution in [3.05, 3.63) is 60.4 Å². The molecule has 2 aliphatic heterocycles. The predicted molar refractivity (Wildman–Crippen MR) is 120 cm³/mol. The molecule has 0 saturated carbocycles. The van der Waals surface area contributed by atoms with Gasteiger partial charge in [-0.3, -0.25) is 14.7 Å². The summed E-state index contributed by atoms with van der Waals surface area (Å²) < 4.78 is 5.26. The third kappa shape index (κ3) is 5.00. The molecular formula is C24H30N4O2. The first-order valence-corrected chi connectivity index (χ1v) is 10.7. The Bertz CT molecular complexity index is 845. The van der Waals surface area contributed by atoms with Gasteiger partial charge in [-0.05, 0) is 60.9 Å². The van der Waals surface area contributed by atoms with Crippen LogP contribution in [0.3, 0.4) is 0 Å². The normalized spacial score (nSPS) is 20.5. The number of piperazine rings is 1. The molecule has 4 rings (SSSR count). The van der Waals surface area contributed by atoms with Crippen LogP contribution in [0.5, 0.6) is 5.75 Å². The maximum atomic E-state index is 12.7. The molecule has 2 aromatic rings. The van der Waals surface area contributed by atoms with Crippen LogP contribution < -0.4 is 9.64 Å². The van der Waals surface area contributed by atoms with Crippen LogP contribution in [-0.2, 0) is 4.79 Å². The van der Waals surface area contributed by atoms with E-state index in [-0.39, 0.29) is 5.91 Å². The topological polar surface area (TPSA) is 48.9 Å². The Kier molecular flexibility index (Phi) is 6.64. The maximum Gasteiger partial charge on any atom is 0.246 e. The summed E-state index contributed by atoms with van der Waals surface area (Å²) in [6.45, 7) is 5.76. The zero-order chi connectivity index (χ0) is 20.8. The van der Waals surface area contributed by atoms with Crippen molar-refractivity contribution in [2.45, 2.75) is 18.9 Å². The van der Waals surface area contributed by atoms with Gasteiger partial charge in [0, 0.05) is 69.5 Å². The second-order valence-electron chi connectivity index (χ2n) is 7.92. The number of likely N-dealkylation sites (tertiary alicyclic amines) is 1. The van der Waals surface area contributed by atoms with Gasteiger partial charge >= 0.3 is 0 Å². The summed E-state index contributed by atoms with van der Waals surface area (Å²) in [4.78, 5) is 23.7. The van der Waals surface area contributed by atoms with Crippen LogP contribution in [0.25, 0.3) is 6.08 Å². The number of hydrogen-bond donors (Lipinski definition) is 0. The van der Waals surface area contributed by atoms with Crippen molar-refractivity contribution in [1.29, 1.82) is 0 Å². The monoisotopic (exact) mass is 406 g/mol. The van der Waals surface area contributed by atoms with E-state index < -0.39 is 0 Å². The highest BCUT2D eigenvalue weighted by Gasteiger charge is 2.29. The molecule has 0 radical (unpaired) electrons. The van der Waals surface area contributed by atoms with Crippen LogP contribution in [0.2, 0.25) is 0 Å². The summed E-state index contributed by atoms with van der Waals surface area (Å²) in [7, 11) is 1.70. The lowest BCUT2D eigenvalue weighted by molar-refractivity contribution is -0.128. The Morgan fingerprint density at radius 3 is 2.47 bits per heavy atom. The smallest absolute Gasteiger partial charge is 0.246 e.